The molecule has 1 saturated heterocycles. The Morgan fingerprint density at radius 1 is 0.859 bits per heavy atom. The Bertz CT molecular complexity index is 3230. The molecule has 20 nitrogen and oxygen atoms in total. The topological polar surface area (TPSA) is 277 Å². The minimum Gasteiger partial charge on any atom is -0.480 e. The van der Waals surface area contributed by atoms with Crippen LogP contribution in [-0.2, 0) is 41.8 Å². The zero-order chi connectivity index (χ0) is 55.8. The largest absolute Gasteiger partial charge is 0.508 e. The molecule has 0 radical (unpaired) electrons. The number of hydrogen-bond donors (Lipinski definition) is 5. The van der Waals surface area contributed by atoms with Crippen LogP contribution in [0.2, 0.25) is 0 Å². The molecule has 7 rings (SSSR count). The fraction of sp³-hybridized carbons (Fsp3) is 0.275. The number of alkyl halides is 2. The number of pyridine rings is 4. The highest BCUT2D eigenvalue weighted by Gasteiger charge is 2.47. The summed E-state index contributed by atoms with van der Waals surface area (Å²) >= 11 is 0.946. The van der Waals surface area contributed by atoms with Gasteiger partial charge < -0.3 is 44.9 Å². The van der Waals surface area contributed by atoms with Crippen molar-refractivity contribution >= 4 is 85.9 Å². The molecule has 4 aromatic heterocycles. The molecule has 0 aliphatic carbocycles. The molecule has 2 aromatic carbocycles. The van der Waals surface area contributed by atoms with Gasteiger partial charge in [0.15, 0.2) is 0 Å². The average Bonchev–Trinajstić information content (AvgIpc) is 3.79. The fourth-order valence-corrected chi connectivity index (χ4v) is 10.1. The van der Waals surface area contributed by atoms with Crippen LogP contribution < -0.4 is 25.4 Å². The molecule has 5 N–H and O–H groups in total. The summed E-state index contributed by atoms with van der Waals surface area (Å²) in [5, 5.41) is 26.8. The number of methoxy groups -OCH3 is 1. The number of carbonyl (C=O) groups excluding carboxylic acids is 5. The minimum absolute atomic E-state index is 0.0532. The van der Waals surface area contributed by atoms with Gasteiger partial charge in [-0.25, -0.2) is 32.1 Å². The molecule has 4 amide bonds. The Morgan fingerprint density at radius 3 is 2.40 bits per heavy atom. The zero-order valence-electron chi connectivity index (χ0n) is 41.0. The van der Waals surface area contributed by atoms with E-state index in [9.17, 15) is 51.4 Å². The van der Waals surface area contributed by atoms with Gasteiger partial charge in [-0.15, -0.1) is 0 Å². The molecule has 1 aliphatic heterocycles. The third-order valence-corrected chi connectivity index (χ3v) is 14.6. The number of fused-ring (bicyclic) bond motifs is 1. The second kappa shape index (κ2) is 27.2. The van der Waals surface area contributed by atoms with Crippen molar-refractivity contribution in [3.05, 3.63) is 126 Å². The summed E-state index contributed by atoms with van der Waals surface area (Å²) in [5.74, 6) is -8.29. The first-order valence-electron chi connectivity index (χ1n) is 23.4. The van der Waals surface area contributed by atoms with Crippen molar-refractivity contribution in [3.8, 4) is 34.2 Å². The van der Waals surface area contributed by atoms with E-state index in [1.165, 1.54) is 42.3 Å². The number of hydrogen-bond acceptors (Lipinski definition) is 18. The lowest BCUT2D eigenvalue weighted by Gasteiger charge is -2.19. The predicted molar refractivity (Wildman–Crippen MR) is 280 cm³/mol. The molecule has 6 aromatic rings. The van der Waals surface area contributed by atoms with E-state index < -0.39 is 84.9 Å². The van der Waals surface area contributed by atoms with Crippen molar-refractivity contribution in [2.75, 3.05) is 43.0 Å². The van der Waals surface area contributed by atoms with E-state index in [1.54, 1.807) is 36.8 Å². The van der Waals surface area contributed by atoms with Gasteiger partial charge in [0.25, 0.3) is 11.8 Å². The summed E-state index contributed by atoms with van der Waals surface area (Å²) in [6.07, 6.45) is 3.85. The van der Waals surface area contributed by atoms with Crippen LogP contribution in [0.25, 0.3) is 33.2 Å². The highest BCUT2D eigenvalue weighted by atomic mass is 33.1. The second-order valence-electron chi connectivity index (χ2n) is 16.9. The molecule has 0 bridgehead atoms. The SMILES string of the molecule is COc1ncc(-c2ccc3nccc(-c4ccc(COC(=O)OCCSSCC(NC(=O)CCC(=O)NCc5cc(C(=O)NCC(=O)N6CC(F)(F)CC6C#N)ccn5)C(=O)O)nc4)c3c2)cc1NSc1ccc(F)cc1F. The Hall–Kier alpha value is -8.22. The Kier molecular flexibility index (Phi) is 20.0. The number of halogens is 4. The van der Waals surface area contributed by atoms with Gasteiger partial charge in [0.1, 0.15) is 42.6 Å². The van der Waals surface area contributed by atoms with Gasteiger partial charge >= 0.3 is 12.1 Å². The summed E-state index contributed by atoms with van der Waals surface area (Å²) in [7, 11) is 3.76. The molecule has 406 valence electrons. The number of anilines is 1. The van der Waals surface area contributed by atoms with Gasteiger partial charge in [0.05, 0.1) is 54.6 Å². The van der Waals surface area contributed by atoms with Gasteiger partial charge in [-0.05, 0) is 77.7 Å². The fourth-order valence-electron chi connectivity index (χ4n) is 7.48. The number of benzene rings is 2. The standard InChI is InChI=1S/C51H46F4N10O10S3/c1-73-48-41(64-78-43-7-4-33(52)19-39(43)53)18-32(23-62-48)29-3-6-40-38(17-29)37(11-13-58-40)31-2-5-34(59-22-31)26-75-50(72)74-14-15-76-77-27-42(49(70)71)63-45(67)9-8-44(66)60-24-35-16-30(10-12-57-35)47(69)61-25-46(68)65-28-51(54,55)20-36(65)21-56/h2-7,10-13,16-19,22-23,36,42,64H,8-9,14-15,20,24-28H2,1H3,(H,60,66)(H,61,69)(H,63,67)(H,70,71). The quantitative estimate of drug-likeness (QED) is 0.0130. The lowest BCUT2D eigenvalue weighted by atomic mass is 9.98. The predicted octanol–water partition coefficient (Wildman–Crippen LogP) is 7.35. The van der Waals surface area contributed by atoms with E-state index >= 15 is 0 Å². The maximum atomic E-state index is 14.3. The van der Waals surface area contributed by atoms with Gasteiger partial charge in [0.2, 0.25) is 23.6 Å². The molecule has 1 aliphatic rings. The number of carboxylic acids is 1. The maximum Gasteiger partial charge on any atom is 0.508 e. The van der Waals surface area contributed by atoms with Gasteiger partial charge in [0, 0.05) is 83.7 Å². The zero-order valence-corrected chi connectivity index (χ0v) is 43.5. The number of ether oxygens (including phenoxy) is 3. The van der Waals surface area contributed by atoms with Crippen molar-refractivity contribution in [3.63, 3.8) is 0 Å². The number of nitrogens with one attached hydrogen (secondary N) is 4. The van der Waals surface area contributed by atoms with Crippen LogP contribution in [0.4, 0.5) is 28.0 Å². The summed E-state index contributed by atoms with van der Waals surface area (Å²) in [4.78, 5) is 92.7. The molecule has 78 heavy (non-hydrogen) atoms. The average molecular weight is 1130 g/mol. The summed E-state index contributed by atoms with van der Waals surface area (Å²) < 4.78 is 74.0. The smallest absolute Gasteiger partial charge is 0.480 e. The second-order valence-corrected chi connectivity index (χ2v) is 20.3. The van der Waals surface area contributed by atoms with Crippen LogP contribution in [0.3, 0.4) is 0 Å². The van der Waals surface area contributed by atoms with Gasteiger partial charge in [-0.3, -0.25) is 34.1 Å². The number of amides is 4. The van der Waals surface area contributed by atoms with Crippen molar-refractivity contribution in [2.45, 2.75) is 55.3 Å². The van der Waals surface area contributed by atoms with Crippen molar-refractivity contribution in [1.82, 2.24) is 40.8 Å². The molecule has 27 heteroatoms. The molecule has 0 saturated carbocycles. The number of aliphatic carboxylic acids is 1. The van der Waals surface area contributed by atoms with Crippen LogP contribution >= 0.6 is 33.5 Å². The number of carbonyl (C=O) groups is 6. The first-order chi connectivity index (χ1) is 37.5. The Labute approximate surface area is 454 Å². The molecule has 0 spiro atoms. The number of nitrogens with zero attached hydrogens (tertiary/aromatic N) is 6. The maximum absolute atomic E-state index is 14.3. The third kappa shape index (κ3) is 16.2. The van der Waals surface area contributed by atoms with E-state index in [4.69, 9.17) is 19.5 Å². The molecule has 1 fully saturated rings. The lowest BCUT2D eigenvalue weighted by Crippen LogP contribution is -2.43. The van der Waals surface area contributed by atoms with Crippen molar-refractivity contribution in [1.29, 1.82) is 5.26 Å². The van der Waals surface area contributed by atoms with E-state index in [-0.39, 0.29) is 66.1 Å². The normalized spacial score (nSPS) is 13.9. The van der Waals surface area contributed by atoms with Crippen LogP contribution in [-0.4, -0.2) is 122 Å². The minimum atomic E-state index is -3.21. The highest BCUT2D eigenvalue weighted by molar-refractivity contribution is 8.76. The van der Waals surface area contributed by atoms with Crippen LogP contribution in [0.1, 0.15) is 41.0 Å². The first kappa shape index (κ1) is 57.5. The van der Waals surface area contributed by atoms with Gasteiger partial charge in [-0.2, -0.15) is 5.26 Å². The Balaban J connectivity index is 0.786. The molecule has 2 atom stereocenters. The third-order valence-electron chi connectivity index (χ3n) is 11.4. The molecule has 2 unspecified atom stereocenters. The first-order valence-corrected chi connectivity index (χ1v) is 26.7. The van der Waals surface area contributed by atoms with Crippen LogP contribution in [0.15, 0.2) is 102 Å². The van der Waals surface area contributed by atoms with Crippen molar-refractivity contribution < 1.29 is 65.6 Å². The molecular formula is C51H46F4N10O10S3. The van der Waals surface area contributed by atoms with E-state index in [0.717, 1.165) is 67.4 Å². The highest BCUT2D eigenvalue weighted by Crippen LogP contribution is 2.36. The van der Waals surface area contributed by atoms with E-state index in [1.807, 2.05) is 30.3 Å². The Morgan fingerprint density at radius 2 is 1.64 bits per heavy atom. The summed E-state index contributed by atoms with van der Waals surface area (Å²) in [5.41, 5.74) is 5.02. The van der Waals surface area contributed by atoms with E-state index in [2.05, 4.69) is 40.6 Å². The number of aromatic nitrogens is 4. The molecule has 5 heterocycles. The molecular weight excluding hydrogens is 1080 g/mol. The summed E-state index contributed by atoms with van der Waals surface area (Å²) in [6, 6.07) is 17.9. The van der Waals surface area contributed by atoms with Crippen LogP contribution in [0, 0.1) is 23.0 Å². The van der Waals surface area contributed by atoms with E-state index in [0.29, 0.717) is 16.9 Å². The van der Waals surface area contributed by atoms with Crippen LogP contribution in [0.5, 0.6) is 5.88 Å². The van der Waals surface area contributed by atoms with Gasteiger partial charge in [-0.1, -0.05) is 33.7 Å². The number of carboxylic acid groups (broad SMARTS) is 1. The lowest BCUT2D eigenvalue weighted by molar-refractivity contribution is -0.141. The monoisotopic (exact) mass is 1130 g/mol. The summed E-state index contributed by atoms with van der Waals surface area (Å²) in [6.45, 7) is -1.95. The number of nitriles is 1. The number of likely N-dealkylation sites (tertiary alicyclic amines) is 1. The number of rotatable bonds is 24. The van der Waals surface area contributed by atoms with Crippen molar-refractivity contribution in [2.24, 2.45) is 0 Å².